The van der Waals surface area contributed by atoms with Gasteiger partial charge in [-0.3, -0.25) is 9.59 Å². The highest BCUT2D eigenvalue weighted by Gasteiger charge is 2.27. The van der Waals surface area contributed by atoms with Crippen LogP contribution in [0.2, 0.25) is 0 Å². The van der Waals surface area contributed by atoms with Crippen LogP contribution in [-0.4, -0.2) is 43.0 Å². The van der Waals surface area contributed by atoms with Gasteiger partial charge in [-0.25, -0.2) is 0 Å². The number of morpholine rings is 1. The first-order valence-electron chi connectivity index (χ1n) is 8.63. The number of carbonyl (C=O) groups excluding carboxylic acids is 2. The molecular formula is C20H18N2O5. The lowest BCUT2D eigenvalue weighted by Gasteiger charge is -2.26. The molecule has 1 N–H and O–H groups in total. The van der Waals surface area contributed by atoms with E-state index >= 15 is 0 Å². The van der Waals surface area contributed by atoms with Crippen LogP contribution < -0.4 is 5.32 Å². The summed E-state index contributed by atoms with van der Waals surface area (Å²) in [6, 6.07) is 10.7. The van der Waals surface area contributed by atoms with Gasteiger partial charge in [0.1, 0.15) is 17.0 Å². The fourth-order valence-electron chi connectivity index (χ4n) is 2.94. The maximum Gasteiger partial charge on any atom is 0.291 e. The minimum Gasteiger partial charge on any atom is -0.465 e. The summed E-state index contributed by atoms with van der Waals surface area (Å²) in [5.74, 6) is 0.0402. The van der Waals surface area contributed by atoms with Crippen LogP contribution in [0.3, 0.4) is 0 Å². The summed E-state index contributed by atoms with van der Waals surface area (Å²) in [6.45, 7) is 1.95. The van der Waals surface area contributed by atoms with Gasteiger partial charge in [0.2, 0.25) is 11.7 Å². The molecule has 0 atom stereocenters. The minimum atomic E-state index is -0.381. The summed E-state index contributed by atoms with van der Waals surface area (Å²) < 4.78 is 16.2. The van der Waals surface area contributed by atoms with Gasteiger partial charge in [0.05, 0.1) is 19.5 Å². The Kier molecular flexibility index (Phi) is 4.76. The predicted octanol–water partition coefficient (Wildman–Crippen LogP) is 3.15. The van der Waals surface area contributed by atoms with Crippen molar-refractivity contribution in [2.75, 3.05) is 31.6 Å². The van der Waals surface area contributed by atoms with Gasteiger partial charge in [0.25, 0.3) is 5.91 Å². The molecular weight excluding hydrogens is 348 g/mol. The fourth-order valence-corrected chi connectivity index (χ4v) is 2.94. The topological polar surface area (TPSA) is 84.9 Å². The van der Waals surface area contributed by atoms with E-state index in [1.165, 1.54) is 12.3 Å². The third kappa shape index (κ3) is 3.63. The second kappa shape index (κ2) is 7.51. The van der Waals surface area contributed by atoms with Crippen LogP contribution >= 0.6 is 0 Å². The molecule has 0 saturated carbocycles. The van der Waals surface area contributed by atoms with Crippen molar-refractivity contribution < 1.29 is 23.2 Å². The van der Waals surface area contributed by atoms with Crippen molar-refractivity contribution in [3.63, 3.8) is 0 Å². The average Bonchev–Trinajstić information content (AvgIpc) is 3.35. The summed E-state index contributed by atoms with van der Waals surface area (Å²) in [5, 5.41) is 3.45. The maximum absolute atomic E-state index is 12.9. The lowest BCUT2D eigenvalue weighted by molar-refractivity contribution is -0.111. The van der Waals surface area contributed by atoms with E-state index in [1.54, 1.807) is 35.2 Å². The van der Waals surface area contributed by atoms with Crippen LogP contribution in [0, 0.1) is 0 Å². The molecule has 4 rings (SSSR count). The quantitative estimate of drug-likeness (QED) is 0.717. The monoisotopic (exact) mass is 366 g/mol. The molecule has 0 spiro atoms. The summed E-state index contributed by atoms with van der Waals surface area (Å²) in [7, 11) is 0. The summed E-state index contributed by atoms with van der Waals surface area (Å²) in [5.41, 5.74) is 0.913. The van der Waals surface area contributed by atoms with Gasteiger partial charge in [-0.15, -0.1) is 0 Å². The number of benzene rings is 1. The van der Waals surface area contributed by atoms with Crippen LogP contribution in [-0.2, 0) is 9.53 Å². The molecule has 1 saturated heterocycles. The Hall–Kier alpha value is -3.32. The van der Waals surface area contributed by atoms with Crippen LogP contribution in [0.25, 0.3) is 17.0 Å². The van der Waals surface area contributed by atoms with Crippen LogP contribution in [0.4, 0.5) is 5.69 Å². The second-order valence-electron chi connectivity index (χ2n) is 6.04. The molecule has 1 aliphatic rings. The van der Waals surface area contributed by atoms with Crippen molar-refractivity contribution in [3.8, 4) is 0 Å². The molecule has 1 aromatic carbocycles. The zero-order valence-corrected chi connectivity index (χ0v) is 14.5. The van der Waals surface area contributed by atoms with Crippen LogP contribution in [0.1, 0.15) is 16.3 Å². The largest absolute Gasteiger partial charge is 0.465 e. The molecule has 3 aromatic rings. The Labute approximate surface area is 155 Å². The zero-order chi connectivity index (χ0) is 18.6. The third-order valence-electron chi connectivity index (χ3n) is 4.28. The Bertz CT molecular complexity index is 981. The molecule has 0 radical (unpaired) electrons. The first-order chi connectivity index (χ1) is 13.2. The Morgan fingerprint density at radius 3 is 2.67 bits per heavy atom. The van der Waals surface area contributed by atoms with Crippen molar-refractivity contribution >= 4 is 34.5 Å². The fraction of sp³-hybridized carbons (Fsp3) is 0.200. The SMILES string of the molecule is O=C(/C=C/c1ccco1)Nc1c(C(=O)N2CCOCC2)oc2ccccc12. The number of hydrogen-bond donors (Lipinski definition) is 1. The van der Waals surface area contributed by atoms with E-state index in [4.69, 9.17) is 13.6 Å². The van der Waals surface area contributed by atoms with Crippen molar-refractivity contribution in [1.29, 1.82) is 0 Å². The van der Waals surface area contributed by atoms with Crippen molar-refractivity contribution in [2.24, 2.45) is 0 Å². The standard InChI is InChI=1S/C20H18N2O5/c23-17(8-7-14-4-3-11-26-14)21-18-15-5-1-2-6-16(15)27-19(18)20(24)22-9-12-25-13-10-22/h1-8,11H,9-10,12-13H2,(H,21,23)/b8-7+. The highest BCUT2D eigenvalue weighted by atomic mass is 16.5. The van der Waals surface area contributed by atoms with Crippen LogP contribution in [0.15, 0.2) is 57.6 Å². The molecule has 138 valence electrons. The number of rotatable bonds is 4. The smallest absolute Gasteiger partial charge is 0.291 e. The number of fused-ring (bicyclic) bond motifs is 1. The molecule has 1 fully saturated rings. The first kappa shape index (κ1) is 17.1. The predicted molar refractivity (Wildman–Crippen MR) is 99.3 cm³/mol. The van der Waals surface area contributed by atoms with Gasteiger partial charge in [-0.1, -0.05) is 12.1 Å². The molecule has 0 bridgehead atoms. The lowest BCUT2D eigenvalue weighted by Crippen LogP contribution is -2.40. The van der Waals surface area contributed by atoms with Gasteiger partial charge in [0, 0.05) is 24.6 Å². The minimum absolute atomic E-state index is 0.123. The molecule has 2 aromatic heterocycles. The highest BCUT2D eigenvalue weighted by Crippen LogP contribution is 2.32. The Balaban J connectivity index is 1.63. The van der Waals surface area contributed by atoms with E-state index in [9.17, 15) is 9.59 Å². The molecule has 2 amide bonds. The molecule has 0 unspecified atom stereocenters. The number of carbonyl (C=O) groups is 2. The number of amides is 2. The maximum atomic E-state index is 12.9. The summed E-state index contributed by atoms with van der Waals surface area (Å²) >= 11 is 0. The lowest BCUT2D eigenvalue weighted by atomic mass is 10.2. The van der Waals surface area contributed by atoms with Gasteiger partial charge in [-0.05, 0) is 30.3 Å². The average molecular weight is 366 g/mol. The summed E-state index contributed by atoms with van der Waals surface area (Å²) in [4.78, 5) is 26.9. The summed E-state index contributed by atoms with van der Waals surface area (Å²) in [6.07, 6.45) is 4.44. The third-order valence-corrected chi connectivity index (χ3v) is 4.28. The van der Waals surface area contributed by atoms with E-state index in [1.807, 2.05) is 12.1 Å². The number of nitrogens with zero attached hydrogens (tertiary/aromatic N) is 1. The highest BCUT2D eigenvalue weighted by molar-refractivity contribution is 6.13. The number of nitrogens with one attached hydrogen (secondary N) is 1. The van der Waals surface area contributed by atoms with Gasteiger partial charge in [0.15, 0.2) is 0 Å². The zero-order valence-electron chi connectivity index (χ0n) is 14.5. The molecule has 1 aliphatic heterocycles. The second-order valence-corrected chi connectivity index (χ2v) is 6.04. The number of furan rings is 2. The first-order valence-corrected chi connectivity index (χ1v) is 8.63. The number of anilines is 1. The molecule has 7 heteroatoms. The number of para-hydroxylation sites is 1. The van der Waals surface area contributed by atoms with Gasteiger partial charge < -0.3 is 23.8 Å². The Morgan fingerprint density at radius 1 is 1.07 bits per heavy atom. The molecule has 3 heterocycles. The van der Waals surface area contributed by atoms with Crippen molar-refractivity contribution in [2.45, 2.75) is 0 Å². The molecule has 0 aliphatic carbocycles. The molecule has 27 heavy (non-hydrogen) atoms. The van der Waals surface area contributed by atoms with Crippen molar-refractivity contribution in [1.82, 2.24) is 4.90 Å². The molecule has 7 nitrogen and oxygen atoms in total. The number of hydrogen-bond acceptors (Lipinski definition) is 5. The van der Waals surface area contributed by atoms with E-state index in [-0.39, 0.29) is 17.6 Å². The van der Waals surface area contributed by atoms with E-state index in [0.717, 1.165) is 0 Å². The number of ether oxygens (including phenoxy) is 1. The van der Waals surface area contributed by atoms with Gasteiger partial charge in [-0.2, -0.15) is 0 Å². The van der Waals surface area contributed by atoms with Gasteiger partial charge >= 0.3 is 0 Å². The van der Waals surface area contributed by atoms with Crippen molar-refractivity contribution in [3.05, 3.63) is 60.3 Å². The van der Waals surface area contributed by atoms with E-state index < -0.39 is 0 Å². The van der Waals surface area contributed by atoms with Crippen LogP contribution in [0.5, 0.6) is 0 Å². The van der Waals surface area contributed by atoms with E-state index in [2.05, 4.69) is 5.32 Å². The normalized spacial score (nSPS) is 14.7. The van der Waals surface area contributed by atoms with E-state index in [0.29, 0.717) is 48.7 Å². The Morgan fingerprint density at radius 2 is 1.89 bits per heavy atom.